The lowest BCUT2D eigenvalue weighted by Gasteiger charge is -2.12. The Hall–Kier alpha value is -3.20. The Morgan fingerprint density at radius 3 is 2.75 bits per heavy atom. The number of fused-ring (bicyclic) bond motifs is 1. The number of nitrogens with zero attached hydrogens (tertiary/aromatic N) is 4. The van der Waals surface area contributed by atoms with Gasteiger partial charge in [-0.1, -0.05) is 23.7 Å². The first kappa shape index (κ1) is 22.0. The zero-order valence-electron chi connectivity index (χ0n) is 18.0. The molecule has 9 heteroatoms. The number of hydrogen-bond acceptors (Lipinski definition) is 7. The number of aromatic amines is 1. The second-order valence-electron chi connectivity index (χ2n) is 7.83. The summed E-state index contributed by atoms with van der Waals surface area (Å²) in [6.07, 6.45) is 2.52. The van der Waals surface area contributed by atoms with Gasteiger partial charge in [-0.2, -0.15) is 0 Å². The molecular weight excluding hydrogens is 426 g/mol. The summed E-state index contributed by atoms with van der Waals surface area (Å²) in [7, 11) is 4.07. The second kappa shape index (κ2) is 9.52. The van der Waals surface area contributed by atoms with Crippen molar-refractivity contribution in [3.8, 4) is 17.0 Å². The monoisotopic (exact) mass is 451 g/mol. The van der Waals surface area contributed by atoms with Crippen molar-refractivity contribution in [3.63, 3.8) is 0 Å². The zero-order valence-corrected chi connectivity index (χ0v) is 18.8. The van der Waals surface area contributed by atoms with E-state index in [-0.39, 0.29) is 5.95 Å². The number of benzene rings is 2. The number of halogens is 1. The lowest BCUT2D eigenvalue weighted by molar-refractivity contribution is 0.284. The fourth-order valence-corrected chi connectivity index (χ4v) is 3.66. The van der Waals surface area contributed by atoms with Crippen molar-refractivity contribution in [3.05, 3.63) is 65.1 Å². The summed E-state index contributed by atoms with van der Waals surface area (Å²) in [5, 5.41) is 0.627. The second-order valence-corrected chi connectivity index (χ2v) is 8.27. The lowest BCUT2D eigenvalue weighted by Crippen LogP contribution is -2.15. The summed E-state index contributed by atoms with van der Waals surface area (Å²) in [6.45, 7) is 1.49. The summed E-state index contributed by atoms with van der Waals surface area (Å²) in [5.74, 6) is 1.50. The van der Waals surface area contributed by atoms with Crippen LogP contribution in [-0.2, 0) is 0 Å². The molecule has 0 spiro atoms. The van der Waals surface area contributed by atoms with E-state index in [1.807, 2.05) is 56.6 Å². The predicted octanol–water partition coefficient (Wildman–Crippen LogP) is 3.63. The molecule has 1 unspecified atom stereocenters. The largest absolute Gasteiger partial charge is 0.491 e. The molecule has 0 aliphatic rings. The molecular formula is C23H26ClN7O. The minimum Gasteiger partial charge on any atom is -0.491 e. The number of rotatable bonds is 8. The van der Waals surface area contributed by atoms with E-state index in [0.29, 0.717) is 34.4 Å². The van der Waals surface area contributed by atoms with Gasteiger partial charge in [-0.15, -0.1) is 0 Å². The average Bonchev–Trinajstić information content (AvgIpc) is 3.20. The lowest BCUT2D eigenvalue weighted by atomic mass is 10.1. The molecule has 0 saturated carbocycles. The highest BCUT2D eigenvalue weighted by Gasteiger charge is 2.18. The number of nitrogen functional groups attached to an aromatic ring is 1. The quantitative estimate of drug-likeness (QED) is 0.350. The van der Waals surface area contributed by atoms with E-state index in [4.69, 9.17) is 32.8 Å². The molecule has 2 aromatic carbocycles. The van der Waals surface area contributed by atoms with E-state index in [1.54, 1.807) is 6.20 Å². The third-order valence-electron chi connectivity index (χ3n) is 5.05. The Kier molecular flexibility index (Phi) is 6.55. The maximum absolute atomic E-state index is 6.49. The van der Waals surface area contributed by atoms with Crippen LogP contribution in [-0.4, -0.2) is 52.1 Å². The summed E-state index contributed by atoms with van der Waals surface area (Å²) in [4.78, 5) is 18.6. The Labute approximate surface area is 191 Å². The Morgan fingerprint density at radius 1 is 1.16 bits per heavy atom. The molecule has 2 aromatic heterocycles. The molecule has 5 N–H and O–H groups in total. The molecule has 0 radical (unpaired) electrons. The number of nitrogens with one attached hydrogen (secondary N) is 1. The van der Waals surface area contributed by atoms with Crippen molar-refractivity contribution < 1.29 is 4.74 Å². The first-order valence-corrected chi connectivity index (χ1v) is 10.7. The SMILES string of the molecule is CN(C)CCCOc1cc(-c2ccnc(N)n2)cc2[nH]c(C(N)c3cccc(Cl)c3)nc12. The smallest absolute Gasteiger partial charge is 0.220 e. The van der Waals surface area contributed by atoms with Crippen LogP contribution >= 0.6 is 11.6 Å². The normalized spacial score (nSPS) is 12.4. The Balaban J connectivity index is 1.73. The Bertz CT molecular complexity index is 1220. The van der Waals surface area contributed by atoms with Crippen LogP contribution in [0.25, 0.3) is 22.3 Å². The van der Waals surface area contributed by atoms with Gasteiger partial charge in [0.2, 0.25) is 5.95 Å². The van der Waals surface area contributed by atoms with E-state index < -0.39 is 6.04 Å². The molecule has 0 saturated heterocycles. The number of hydrogen-bond donors (Lipinski definition) is 3. The highest BCUT2D eigenvalue weighted by atomic mass is 35.5. The number of H-pyrrole nitrogens is 1. The van der Waals surface area contributed by atoms with Crippen molar-refractivity contribution in [2.75, 3.05) is 33.0 Å². The number of ether oxygens (including phenoxy) is 1. The van der Waals surface area contributed by atoms with Gasteiger partial charge in [0.15, 0.2) is 0 Å². The molecule has 0 aliphatic heterocycles. The van der Waals surface area contributed by atoms with E-state index in [2.05, 4.69) is 19.9 Å². The molecule has 4 rings (SSSR count). The van der Waals surface area contributed by atoms with Crippen LogP contribution in [0.15, 0.2) is 48.7 Å². The molecule has 2 heterocycles. The van der Waals surface area contributed by atoms with Gasteiger partial charge in [-0.25, -0.2) is 15.0 Å². The van der Waals surface area contributed by atoms with Crippen LogP contribution in [0.5, 0.6) is 5.75 Å². The summed E-state index contributed by atoms with van der Waals surface area (Å²) in [5.41, 5.74) is 16.2. The van der Waals surface area contributed by atoms with Gasteiger partial charge in [-0.05, 0) is 56.4 Å². The summed E-state index contributed by atoms with van der Waals surface area (Å²) < 4.78 is 6.13. The standard InChI is InChI=1S/C23H26ClN7O/c1-31(2)9-4-10-32-19-13-15(17-7-8-27-23(26)29-17)12-18-21(19)30-22(28-18)20(25)14-5-3-6-16(24)11-14/h3,5-8,11-13,20H,4,9-10,25H2,1-2H3,(H,28,30)(H2,26,27,29). The van der Waals surface area contributed by atoms with Crippen molar-refractivity contribution in [2.24, 2.45) is 5.73 Å². The van der Waals surface area contributed by atoms with Crippen LogP contribution in [0.2, 0.25) is 5.02 Å². The number of anilines is 1. The maximum Gasteiger partial charge on any atom is 0.220 e. The molecule has 1 atom stereocenters. The summed E-state index contributed by atoms with van der Waals surface area (Å²) >= 11 is 6.14. The highest BCUT2D eigenvalue weighted by Crippen LogP contribution is 2.33. The fourth-order valence-electron chi connectivity index (χ4n) is 3.47. The highest BCUT2D eigenvalue weighted by molar-refractivity contribution is 6.30. The van der Waals surface area contributed by atoms with Gasteiger partial charge in [0.1, 0.15) is 17.1 Å². The minimum atomic E-state index is -0.458. The number of aromatic nitrogens is 4. The van der Waals surface area contributed by atoms with Crippen molar-refractivity contribution in [1.29, 1.82) is 0 Å². The van der Waals surface area contributed by atoms with Crippen molar-refractivity contribution in [1.82, 2.24) is 24.8 Å². The van der Waals surface area contributed by atoms with Crippen molar-refractivity contribution in [2.45, 2.75) is 12.5 Å². The molecule has 4 aromatic rings. The van der Waals surface area contributed by atoms with Gasteiger partial charge >= 0.3 is 0 Å². The van der Waals surface area contributed by atoms with E-state index in [9.17, 15) is 0 Å². The van der Waals surface area contributed by atoms with Crippen LogP contribution in [0, 0.1) is 0 Å². The zero-order chi connectivity index (χ0) is 22.7. The topological polar surface area (TPSA) is 119 Å². The fraction of sp³-hybridized carbons (Fsp3) is 0.261. The third kappa shape index (κ3) is 4.99. The average molecular weight is 452 g/mol. The molecule has 166 valence electrons. The molecule has 0 amide bonds. The molecule has 0 fully saturated rings. The Morgan fingerprint density at radius 2 is 2.00 bits per heavy atom. The first-order chi connectivity index (χ1) is 15.4. The number of nitrogens with two attached hydrogens (primary N) is 2. The van der Waals surface area contributed by atoms with Crippen LogP contribution in [0.4, 0.5) is 5.95 Å². The van der Waals surface area contributed by atoms with Crippen LogP contribution < -0.4 is 16.2 Å². The van der Waals surface area contributed by atoms with E-state index in [1.165, 1.54) is 0 Å². The van der Waals surface area contributed by atoms with Crippen molar-refractivity contribution >= 4 is 28.6 Å². The molecule has 8 nitrogen and oxygen atoms in total. The van der Waals surface area contributed by atoms with E-state index in [0.717, 1.165) is 29.6 Å². The molecule has 0 bridgehead atoms. The van der Waals surface area contributed by atoms with Gasteiger partial charge < -0.3 is 26.1 Å². The van der Waals surface area contributed by atoms with Gasteiger partial charge in [0.05, 0.1) is 23.9 Å². The van der Waals surface area contributed by atoms with Crippen LogP contribution in [0.3, 0.4) is 0 Å². The predicted molar refractivity (Wildman–Crippen MR) is 128 cm³/mol. The van der Waals surface area contributed by atoms with E-state index >= 15 is 0 Å². The minimum absolute atomic E-state index is 0.212. The molecule has 32 heavy (non-hydrogen) atoms. The molecule has 0 aliphatic carbocycles. The third-order valence-corrected chi connectivity index (χ3v) is 5.28. The first-order valence-electron chi connectivity index (χ1n) is 10.3. The number of imidazole rings is 1. The van der Waals surface area contributed by atoms with Gasteiger partial charge in [0.25, 0.3) is 0 Å². The summed E-state index contributed by atoms with van der Waals surface area (Å²) in [6, 6.07) is 12.7. The van der Waals surface area contributed by atoms with Gasteiger partial charge in [0, 0.05) is 23.3 Å². The van der Waals surface area contributed by atoms with Crippen LogP contribution in [0.1, 0.15) is 23.9 Å². The van der Waals surface area contributed by atoms with Gasteiger partial charge in [-0.3, -0.25) is 0 Å². The maximum atomic E-state index is 6.49.